The summed E-state index contributed by atoms with van der Waals surface area (Å²) >= 11 is 0. The van der Waals surface area contributed by atoms with E-state index in [0.717, 1.165) is 31.4 Å². The lowest BCUT2D eigenvalue weighted by atomic mass is 10.0. The van der Waals surface area contributed by atoms with E-state index in [-0.39, 0.29) is 17.8 Å². The maximum absolute atomic E-state index is 13.1. The number of benzene rings is 1. The molecule has 0 unspecified atom stereocenters. The van der Waals surface area contributed by atoms with Crippen molar-refractivity contribution in [2.75, 3.05) is 5.32 Å². The van der Waals surface area contributed by atoms with E-state index in [0.29, 0.717) is 6.42 Å². The molecule has 0 aliphatic rings. The average Bonchev–Trinajstić information content (AvgIpc) is 2.50. The zero-order valence-corrected chi connectivity index (χ0v) is 13.7. The lowest BCUT2D eigenvalue weighted by Crippen LogP contribution is -2.19. The monoisotopic (exact) mass is 359 g/mol. The van der Waals surface area contributed by atoms with E-state index >= 15 is 0 Å². The fraction of sp³-hybridized carbons (Fsp3) is 0.412. The summed E-state index contributed by atoms with van der Waals surface area (Å²) in [4.78, 5) is 22.5. The van der Waals surface area contributed by atoms with Gasteiger partial charge < -0.3 is 15.5 Å². The van der Waals surface area contributed by atoms with Gasteiger partial charge >= 0.3 is 18.1 Å². The minimum absolute atomic E-state index is 0.0279. The van der Waals surface area contributed by atoms with Gasteiger partial charge in [0.25, 0.3) is 0 Å². The van der Waals surface area contributed by atoms with Gasteiger partial charge in [-0.25, -0.2) is 9.59 Å². The second-order valence-corrected chi connectivity index (χ2v) is 5.44. The summed E-state index contributed by atoms with van der Waals surface area (Å²) in [6.45, 7) is 1.97. The lowest BCUT2D eigenvalue weighted by Gasteiger charge is -2.17. The van der Waals surface area contributed by atoms with Gasteiger partial charge in [-0.1, -0.05) is 38.3 Å². The largest absolute Gasteiger partial charge is 0.477 e. The topological polar surface area (TPSA) is 86.6 Å². The van der Waals surface area contributed by atoms with Crippen LogP contribution in [0.5, 0.6) is 0 Å². The van der Waals surface area contributed by atoms with Crippen LogP contribution in [-0.4, -0.2) is 22.2 Å². The zero-order valence-electron chi connectivity index (χ0n) is 13.7. The van der Waals surface area contributed by atoms with Gasteiger partial charge in [-0.15, -0.1) is 0 Å². The van der Waals surface area contributed by atoms with E-state index < -0.39 is 29.3 Å². The number of para-hydroxylation sites is 1. The number of hydrogen-bond donors (Lipinski definition) is 3. The maximum Gasteiger partial charge on any atom is 0.418 e. The number of nitrogens with one attached hydrogen (secondary N) is 1. The maximum atomic E-state index is 13.1. The number of carboxylic acids is 2. The molecule has 0 amide bonds. The Kier molecular flexibility index (Phi) is 7.47. The normalized spacial score (nSPS) is 11.0. The first-order valence-corrected chi connectivity index (χ1v) is 7.81. The van der Waals surface area contributed by atoms with Crippen LogP contribution in [0.4, 0.5) is 18.9 Å². The molecule has 1 rings (SSSR count). The standard InChI is InChI=1S/C17H20F3NO4/c1-2-3-4-5-10-13(14(15(22)23)16(24)25)21-12-9-7-6-8-11(12)17(18,19)20/h6-9,21H,2-5,10H2,1H3,(H,22,23)(H,24,25). The third-order valence-electron chi connectivity index (χ3n) is 3.53. The summed E-state index contributed by atoms with van der Waals surface area (Å²) in [6, 6.07) is 4.54. The Morgan fingerprint density at radius 2 is 1.64 bits per heavy atom. The number of carbonyl (C=O) groups is 2. The fourth-order valence-electron chi connectivity index (χ4n) is 2.33. The van der Waals surface area contributed by atoms with Crippen LogP contribution in [-0.2, 0) is 15.8 Å². The molecule has 0 saturated heterocycles. The molecule has 0 bridgehead atoms. The van der Waals surface area contributed by atoms with Crippen molar-refractivity contribution in [1.29, 1.82) is 0 Å². The molecule has 0 atom stereocenters. The highest BCUT2D eigenvalue weighted by molar-refractivity contribution is 6.13. The highest BCUT2D eigenvalue weighted by atomic mass is 19.4. The predicted octanol–water partition coefficient (Wildman–Crippen LogP) is 4.51. The van der Waals surface area contributed by atoms with E-state index in [1.54, 1.807) is 0 Å². The number of unbranched alkanes of at least 4 members (excludes halogenated alkanes) is 3. The van der Waals surface area contributed by atoms with Gasteiger partial charge in [-0.05, 0) is 25.0 Å². The molecule has 0 aromatic heterocycles. The number of alkyl halides is 3. The van der Waals surface area contributed by atoms with Gasteiger partial charge in [0.15, 0.2) is 5.57 Å². The predicted molar refractivity (Wildman–Crippen MR) is 86.1 cm³/mol. The highest BCUT2D eigenvalue weighted by Gasteiger charge is 2.34. The Labute approximate surface area is 143 Å². The van der Waals surface area contributed by atoms with Crippen LogP contribution in [0.3, 0.4) is 0 Å². The van der Waals surface area contributed by atoms with Crippen LogP contribution in [0, 0.1) is 0 Å². The SMILES string of the molecule is CCCCCCC(Nc1ccccc1C(F)(F)F)=C(C(=O)O)C(=O)O. The van der Waals surface area contributed by atoms with Crippen LogP contribution < -0.4 is 5.32 Å². The lowest BCUT2D eigenvalue weighted by molar-refractivity contribution is -0.140. The molecule has 1 aromatic rings. The van der Waals surface area contributed by atoms with Crippen molar-refractivity contribution in [2.24, 2.45) is 0 Å². The third kappa shape index (κ3) is 6.13. The van der Waals surface area contributed by atoms with Crippen LogP contribution in [0.1, 0.15) is 44.6 Å². The molecular formula is C17H20F3NO4. The second kappa shape index (κ2) is 9.10. The van der Waals surface area contributed by atoms with Gasteiger partial charge in [-0.2, -0.15) is 13.2 Å². The van der Waals surface area contributed by atoms with Crippen molar-refractivity contribution in [3.63, 3.8) is 0 Å². The minimum Gasteiger partial charge on any atom is -0.477 e. The zero-order chi connectivity index (χ0) is 19.0. The van der Waals surface area contributed by atoms with Crippen LogP contribution in [0.2, 0.25) is 0 Å². The molecule has 8 heteroatoms. The third-order valence-corrected chi connectivity index (χ3v) is 3.53. The van der Waals surface area contributed by atoms with Crippen molar-refractivity contribution in [3.05, 3.63) is 41.1 Å². The number of carboxylic acid groups (broad SMARTS) is 2. The molecule has 0 spiro atoms. The van der Waals surface area contributed by atoms with E-state index in [2.05, 4.69) is 5.32 Å². The van der Waals surface area contributed by atoms with Crippen molar-refractivity contribution in [1.82, 2.24) is 0 Å². The molecule has 1 aromatic carbocycles. The summed E-state index contributed by atoms with van der Waals surface area (Å²) in [5.41, 5.74) is -2.56. The molecule has 0 aliphatic heterocycles. The van der Waals surface area contributed by atoms with E-state index in [4.69, 9.17) is 10.2 Å². The van der Waals surface area contributed by atoms with E-state index in [9.17, 15) is 22.8 Å². The molecule has 0 fully saturated rings. The number of hydrogen-bond acceptors (Lipinski definition) is 3. The summed E-state index contributed by atoms with van der Waals surface area (Å²) in [5.74, 6) is -3.40. The van der Waals surface area contributed by atoms with Gasteiger partial charge in [-0.3, -0.25) is 0 Å². The van der Waals surface area contributed by atoms with Crippen molar-refractivity contribution in [2.45, 2.75) is 45.2 Å². The molecule has 0 aliphatic carbocycles. The van der Waals surface area contributed by atoms with E-state index in [1.165, 1.54) is 12.1 Å². The Hall–Kier alpha value is -2.51. The Morgan fingerprint density at radius 3 is 2.16 bits per heavy atom. The van der Waals surface area contributed by atoms with E-state index in [1.807, 2.05) is 6.92 Å². The molecule has 5 nitrogen and oxygen atoms in total. The number of aliphatic carboxylic acids is 2. The highest BCUT2D eigenvalue weighted by Crippen LogP contribution is 2.35. The van der Waals surface area contributed by atoms with Crippen molar-refractivity contribution in [3.8, 4) is 0 Å². The molecular weight excluding hydrogens is 339 g/mol. The number of anilines is 1. The molecule has 0 saturated carbocycles. The summed E-state index contributed by atoms with van der Waals surface area (Å²) < 4.78 is 39.2. The Balaban J connectivity index is 3.24. The smallest absolute Gasteiger partial charge is 0.418 e. The minimum atomic E-state index is -4.65. The molecule has 25 heavy (non-hydrogen) atoms. The van der Waals surface area contributed by atoms with Crippen LogP contribution in [0.15, 0.2) is 35.5 Å². The Bertz CT molecular complexity index is 638. The number of allylic oxidation sites excluding steroid dienone is 1. The van der Waals surface area contributed by atoms with Crippen LogP contribution >= 0.6 is 0 Å². The molecule has 3 N–H and O–H groups in total. The van der Waals surface area contributed by atoms with Gasteiger partial charge in [0.1, 0.15) is 0 Å². The van der Waals surface area contributed by atoms with Gasteiger partial charge in [0, 0.05) is 5.70 Å². The first-order valence-electron chi connectivity index (χ1n) is 7.81. The average molecular weight is 359 g/mol. The fourth-order valence-corrected chi connectivity index (χ4v) is 2.33. The number of halogens is 3. The molecule has 138 valence electrons. The summed E-state index contributed by atoms with van der Waals surface area (Å²) in [6.07, 6.45) is -1.66. The van der Waals surface area contributed by atoms with Crippen LogP contribution in [0.25, 0.3) is 0 Å². The first kappa shape index (κ1) is 20.5. The van der Waals surface area contributed by atoms with Crippen molar-refractivity contribution >= 4 is 17.6 Å². The molecule has 0 heterocycles. The van der Waals surface area contributed by atoms with Gasteiger partial charge in [0.05, 0.1) is 11.3 Å². The van der Waals surface area contributed by atoms with Gasteiger partial charge in [0.2, 0.25) is 0 Å². The first-order chi connectivity index (χ1) is 11.7. The summed E-state index contributed by atoms with van der Waals surface area (Å²) in [5, 5.41) is 20.6. The number of rotatable bonds is 9. The molecule has 0 radical (unpaired) electrons. The second-order valence-electron chi connectivity index (χ2n) is 5.44. The quantitative estimate of drug-likeness (QED) is 0.261. The Morgan fingerprint density at radius 1 is 1.04 bits per heavy atom. The van der Waals surface area contributed by atoms with Crippen molar-refractivity contribution < 1.29 is 33.0 Å². The summed E-state index contributed by atoms with van der Waals surface area (Å²) in [7, 11) is 0.